The molecular formula is C21H27N3O2. The van der Waals surface area contributed by atoms with Gasteiger partial charge in [-0.15, -0.1) is 0 Å². The standard InChI is InChI=1S/C21H27N3O2/c1-3-18-11-17(12-20(25)23-18)21(26)22-13-16-6-8-19(9-7-16)24-10-4-5-15(2)14-24/h6-9,11-12,15H,3-5,10,13-14H2,1-2H3,(H,22,26)(H,23,25)/t15-/m1/s1. The molecule has 1 atom stereocenters. The predicted molar refractivity (Wildman–Crippen MR) is 105 cm³/mol. The van der Waals surface area contributed by atoms with Gasteiger partial charge in [-0.25, -0.2) is 0 Å². The van der Waals surface area contributed by atoms with Crippen LogP contribution in [0.25, 0.3) is 0 Å². The molecule has 1 aromatic heterocycles. The molecule has 1 fully saturated rings. The molecule has 1 aliphatic heterocycles. The van der Waals surface area contributed by atoms with Gasteiger partial charge in [0.05, 0.1) is 0 Å². The van der Waals surface area contributed by atoms with E-state index in [1.165, 1.54) is 24.6 Å². The van der Waals surface area contributed by atoms with Crippen molar-refractivity contribution in [2.75, 3.05) is 18.0 Å². The van der Waals surface area contributed by atoms with Crippen LogP contribution >= 0.6 is 0 Å². The van der Waals surface area contributed by atoms with Crippen molar-refractivity contribution in [1.29, 1.82) is 0 Å². The Kier molecular flexibility index (Phi) is 5.76. The van der Waals surface area contributed by atoms with E-state index in [2.05, 4.69) is 46.4 Å². The molecule has 1 saturated heterocycles. The lowest BCUT2D eigenvalue weighted by Gasteiger charge is -2.32. The van der Waals surface area contributed by atoms with Gasteiger partial charge >= 0.3 is 0 Å². The Hall–Kier alpha value is -2.56. The van der Waals surface area contributed by atoms with E-state index in [-0.39, 0.29) is 11.5 Å². The molecule has 2 aromatic rings. The van der Waals surface area contributed by atoms with E-state index < -0.39 is 0 Å². The number of H-pyrrole nitrogens is 1. The number of pyridine rings is 1. The van der Waals surface area contributed by atoms with E-state index in [9.17, 15) is 9.59 Å². The number of carbonyl (C=O) groups is 1. The van der Waals surface area contributed by atoms with Crippen LogP contribution in [0.3, 0.4) is 0 Å². The molecule has 5 nitrogen and oxygen atoms in total. The van der Waals surface area contributed by atoms with Crippen molar-refractivity contribution in [3.05, 3.63) is 63.6 Å². The number of hydrogen-bond donors (Lipinski definition) is 2. The summed E-state index contributed by atoms with van der Waals surface area (Å²) in [7, 11) is 0. The second kappa shape index (κ2) is 8.21. The van der Waals surface area contributed by atoms with Crippen molar-refractivity contribution >= 4 is 11.6 Å². The highest BCUT2D eigenvalue weighted by molar-refractivity contribution is 5.94. The van der Waals surface area contributed by atoms with Gasteiger partial charge in [0.1, 0.15) is 0 Å². The summed E-state index contributed by atoms with van der Waals surface area (Å²) < 4.78 is 0. The molecule has 0 unspecified atom stereocenters. The number of aromatic nitrogens is 1. The number of aromatic amines is 1. The van der Waals surface area contributed by atoms with Crippen LogP contribution in [0.15, 0.2) is 41.2 Å². The number of carbonyl (C=O) groups excluding carboxylic acids is 1. The van der Waals surface area contributed by atoms with Crippen molar-refractivity contribution in [1.82, 2.24) is 10.3 Å². The molecule has 26 heavy (non-hydrogen) atoms. The third kappa shape index (κ3) is 4.54. The van der Waals surface area contributed by atoms with Crippen LogP contribution in [0.1, 0.15) is 48.3 Å². The summed E-state index contributed by atoms with van der Waals surface area (Å²) in [5, 5.41) is 2.89. The molecular weight excluding hydrogens is 326 g/mol. The van der Waals surface area contributed by atoms with Gasteiger partial charge in [0.2, 0.25) is 5.56 Å². The first-order chi connectivity index (χ1) is 12.5. The SMILES string of the molecule is CCc1cc(C(=O)NCc2ccc(N3CCC[C@@H](C)C3)cc2)cc(=O)[nH]1. The summed E-state index contributed by atoms with van der Waals surface area (Å²) >= 11 is 0. The molecule has 2 N–H and O–H groups in total. The number of nitrogens with one attached hydrogen (secondary N) is 2. The summed E-state index contributed by atoms with van der Waals surface area (Å²) in [4.78, 5) is 29.1. The van der Waals surface area contributed by atoms with E-state index in [1.54, 1.807) is 6.07 Å². The van der Waals surface area contributed by atoms with Crippen molar-refractivity contribution in [2.24, 2.45) is 5.92 Å². The fraction of sp³-hybridized carbons (Fsp3) is 0.429. The van der Waals surface area contributed by atoms with Gasteiger partial charge in [0, 0.05) is 42.6 Å². The number of amides is 1. The maximum Gasteiger partial charge on any atom is 0.251 e. The minimum Gasteiger partial charge on any atom is -0.371 e. The number of aryl methyl sites for hydroxylation is 1. The van der Waals surface area contributed by atoms with E-state index >= 15 is 0 Å². The molecule has 3 rings (SSSR count). The van der Waals surface area contributed by atoms with Gasteiger partial charge in [-0.1, -0.05) is 26.0 Å². The average Bonchev–Trinajstić information content (AvgIpc) is 2.66. The third-order valence-corrected chi connectivity index (χ3v) is 4.95. The Labute approximate surface area is 154 Å². The number of hydrogen-bond acceptors (Lipinski definition) is 3. The number of rotatable bonds is 5. The molecule has 138 valence electrons. The zero-order valence-corrected chi connectivity index (χ0v) is 15.5. The largest absolute Gasteiger partial charge is 0.371 e. The average molecular weight is 353 g/mol. The fourth-order valence-electron chi connectivity index (χ4n) is 3.46. The smallest absolute Gasteiger partial charge is 0.251 e. The molecule has 1 aromatic carbocycles. The molecule has 0 radical (unpaired) electrons. The first kappa shape index (κ1) is 18.2. The quantitative estimate of drug-likeness (QED) is 0.868. The maximum absolute atomic E-state index is 12.3. The van der Waals surface area contributed by atoms with Crippen molar-refractivity contribution in [3.63, 3.8) is 0 Å². The zero-order chi connectivity index (χ0) is 18.5. The lowest BCUT2D eigenvalue weighted by molar-refractivity contribution is 0.0950. The molecule has 5 heteroatoms. The van der Waals surface area contributed by atoms with E-state index in [4.69, 9.17) is 0 Å². The molecule has 0 aliphatic carbocycles. The lowest BCUT2D eigenvalue weighted by atomic mass is 9.99. The van der Waals surface area contributed by atoms with Gasteiger partial charge in [-0.3, -0.25) is 9.59 Å². The molecule has 2 heterocycles. The molecule has 0 spiro atoms. The van der Waals surface area contributed by atoms with Crippen molar-refractivity contribution in [2.45, 2.75) is 39.7 Å². The Morgan fingerprint density at radius 1 is 1.27 bits per heavy atom. The van der Waals surface area contributed by atoms with Gasteiger partial charge in [-0.05, 0) is 48.9 Å². The van der Waals surface area contributed by atoms with Crippen molar-refractivity contribution < 1.29 is 4.79 Å². The summed E-state index contributed by atoms with van der Waals surface area (Å²) in [6, 6.07) is 11.4. The summed E-state index contributed by atoms with van der Waals surface area (Å²) in [6.45, 7) is 6.91. The highest BCUT2D eigenvalue weighted by atomic mass is 16.2. The maximum atomic E-state index is 12.3. The van der Waals surface area contributed by atoms with Crippen LogP contribution in [0.5, 0.6) is 0 Å². The van der Waals surface area contributed by atoms with Crippen LogP contribution in [-0.2, 0) is 13.0 Å². The normalized spacial score (nSPS) is 17.2. The van der Waals surface area contributed by atoms with Gasteiger partial charge in [0.25, 0.3) is 5.91 Å². The monoisotopic (exact) mass is 353 g/mol. The lowest BCUT2D eigenvalue weighted by Crippen LogP contribution is -2.34. The van der Waals surface area contributed by atoms with Crippen LogP contribution in [0, 0.1) is 5.92 Å². The Morgan fingerprint density at radius 2 is 2.04 bits per heavy atom. The number of benzene rings is 1. The van der Waals surface area contributed by atoms with Gasteiger partial charge in [-0.2, -0.15) is 0 Å². The first-order valence-electron chi connectivity index (χ1n) is 9.40. The number of piperidine rings is 1. The summed E-state index contributed by atoms with van der Waals surface area (Å²) in [5.41, 5.74) is 3.23. The Balaban J connectivity index is 1.60. The highest BCUT2D eigenvalue weighted by Gasteiger charge is 2.16. The first-order valence-corrected chi connectivity index (χ1v) is 9.40. The van der Waals surface area contributed by atoms with Crippen LogP contribution in [0.4, 0.5) is 5.69 Å². The molecule has 0 saturated carbocycles. The highest BCUT2D eigenvalue weighted by Crippen LogP contribution is 2.23. The van der Waals surface area contributed by atoms with Crippen LogP contribution in [-0.4, -0.2) is 24.0 Å². The zero-order valence-electron chi connectivity index (χ0n) is 15.5. The number of anilines is 1. The minimum absolute atomic E-state index is 0.222. The predicted octanol–water partition coefficient (Wildman–Crippen LogP) is 3.10. The second-order valence-corrected chi connectivity index (χ2v) is 7.15. The van der Waals surface area contributed by atoms with E-state index in [0.29, 0.717) is 18.5 Å². The minimum atomic E-state index is -0.241. The molecule has 1 amide bonds. The molecule has 0 bridgehead atoms. The van der Waals surface area contributed by atoms with Crippen molar-refractivity contribution in [3.8, 4) is 0 Å². The van der Waals surface area contributed by atoms with E-state index in [1.807, 2.05) is 6.92 Å². The molecule has 1 aliphatic rings. The summed E-state index contributed by atoms with van der Waals surface area (Å²) in [6.07, 6.45) is 3.24. The van der Waals surface area contributed by atoms with Gasteiger partial charge in [0.15, 0.2) is 0 Å². The van der Waals surface area contributed by atoms with Gasteiger partial charge < -0.3 is 15.2 Å². The fourth-order valence-corrected chi connectivity index (χ4v) is 3.46. The van der Waals surface area contributed by atoms with E-state index in [0.717, 1.165) is 30.3 Å². The Morgan fingerprint density at radius 3 is 2.73 bits per heavy atom. The van der Waals surface area contributed by atoms with Crippen LogP contribution < -0.4 is 15.8 Å². The second-order valence-electron chi connectivity index (χ2n) is 7.15. The Bertz CT molecular complexity index is 811. The summed E-state index contributed by atoms with van der Waals surface area (Å²) in [5.74, 6) is 0.518. The number of nitrogens with zero attached hydrogens (tertiary/aromatic N) is 1. The van der Waals surface area contributed by atoms with Crippen LogP contribution in [0.2, 0.25) is 0 Å². The third-order valence-electron chi connectivity index (χ3n) is 4.95. The topological polar surface area (TPSA) is 65.2 Å².